The number of hydrogen-bond donors (Lipinski definition) is 0. The van der Waals surface area contributed by atoms with Crippen LogP contribution in [0.1, 0.15) is 34.1 Å². The molecule has 0 aliphatic carbocycles. The van der Waals surface area contributed by atoms with Crippen LogP contribution in [0.4, 0.5) is 0 Å². The molecular weight excluding hydrogens is 324 g/mol. The number of nitrogens with zero attached hydrogens (tertiary/aromatic N) is 2. The topological polar surface area (TPSA) is 43.4 Å². The van der Waals surface area contributed by atoms with Crippen molar-refractivity contribution >= 4 is 8.80 Å². The van der Waals surface area contributed by atoms with Gasteiger partial charge >= 0.3 is 8.80 Å². The van der Waals surface area contributed by atoms with Crippen LogP contribution in [-0.2, 0) is 18.0 Å². The highest BCUT2D eigenvalue weighted by Crippen LogP contribution is 2.26. The molecule has 2 bridgehead atoms. The van der Waals surface area contributed by atoms with Crippen LogP contribution in [-0.4, -0.2) is 89.9 Å². The molecule has 2 aliphatic heterocycles. The molecule has 0 aromatic carbocycles. The predicted molar refractivity (Wildman–Crippen MR) is 97.3 cm³/mol. The van der Waals surface area contributed by atoms with Gasteiger partial charge in [-0.15, -0.1) is 0 Å². The van der Waals surface area contributed by atoms with Crippen molar-refractivity contribution in [1.29, 1.82) is 0 Å². The summed E-state index contributed by atoms with van der Waals surface area (Å²) in [6.45, 7) is 16.8. The summed E-state index contributed by atoms with van der Waals surface area (Å²) in [5, 5.41) is 0. The van der Waals surface area contributed by atoms with Gasteiger partial charge in [0.05, 0.1) is 18.8 Å². The van der Waals surface area contributed by atoms with E-state index >= 15 is 0 Å². The fraction of sp³-hybridized carbons (Fsp3) is 1.00. The Kier molecular flexibility index (Phi) is 8.63. The van der Waals surface area contributed by atoms with Gasteiger partial charge in [0.25, 0.3) is 0 Å². The van der Waals surface area contributed by atoms with Gasteiger partial charge in [-0.2, -0.15) is 0 Å². The zero-order chi connectivity index (χ0) is 17.4. The third kappa shape index (κ3) is 6.05. The van der Waals surface area contributed by atoms with Crippen molar-refractivity contribution in [1.82, 2.24) is 9.80 Å². The molecule has 6 nitrogen and oxygen atoms in total. The highest BCUT2D eigenvalue weighted by molar-refractivity contribution is 6.60. The first-order chi connectivity index (χ1) is 11.6. The first kappa shape index (κ1) is 20.3. The van der Waals surface area contributed by atoms with E-state index in [1.165, 1.54) is 0 Å². The van der Waals surface area contributed by atoms with Gasteiger partial charge < -0.3 is 22.9 Å². The van der Waals surface area contributed by atoms with Crippen LogP contribution in [0.2, 0.25) is 6.04 Å². The third-order valence-electron chi connectivity index (χ3n) is 4.77. The molecule has 0 radical (unpaired) electrons. The van der Waals surface area contributed by atoms with Crippen LogP contribution < -0.4 is 0 Å². The Hall–Kier alpha value is -0.0231. The molecule has 0 aromatic rings. The number of ether oxygens (including phenoxy) is 1. The van der Waals surface area contributed by atoms with Crippen LogP contribution in [0.25, 0.3) is 0 Å². The van der Waals surface area contributed by atoms with Crippen LogP contribution in [0.3, 0.4) is 0 Å². The Morgan fingerprint density at radius 3 is 2.67 bits per heavy atom. The van der Waals surface area contributed by atoms with E-state index in [4.69, 9.17) is 18.0 Å². The van der Waals surface area contributed by atoms with E-state index in [1.807, 2.05) is 6.92 Å². The Labute approximate surface area is 148 Å². The summed E-state index contributed by atoms with van der Waals surface area (Å²) >= 11 is 0. The molecule has 2 rings (SSSR count). The number of hydrogen-bond acceptors (Lipinski definition) is 6. The minimum atomic E-state index is -2.57. The largest absolute Gasteiger partial charge is 0.501 e. The fourth-order valence-electron chi connectivity index (χ4n) is 3.56. The minimum Gasteiger partial charge on any atom is -0.379 e. The average molecular weight is 361 g/mol. The highest BCUT2D eigenvalue weighted by atomic mass is 28.4. The third-order valence-corrected chi connectivity index (χ3v) is 7.92. The van der Waals surface area contributed by atoms with Crippen molar-refractivity contribution in [2.75, 3.05) is 59.1 Å². The molecule has 0 spiro atoms. The molecule has 0 N–H and O–H groups in total. The summed E-state index contributed by atoms with van der Waals surface area (Å²) in [7, 11) is -2.57. The SMILES string of the molecule is CCO[Si]12CCCOCC(CN(CCN(CC)CC)CC(C)O1)O2. The van der Waals surface area contributed by atoms with Crippen molar-refractivity contribution < 1.29 is 18.0 Å². The molecule has 3 unspecified atom stereocenters. The van der Waals surface area contributed by atoms with Gasteiger partial charge in [0.1, 0.15) is 0 Å². The normalized spacial score (nSPS) is 32.9. The molecule has 0 saturated carbocycles. The van der Waals surface area contributed by atoms with Crippen molar-refractivity contribution in [3.8, 4) is 0 Å². The lowest BCUT2D eigenvalue weighted by molar-refractivity contribution is -0.0705. The standard InChI is InChI=1S/C17H36N2O4Si/c1-5-18(6-2)9-10-19-13-16(4)22-24(21-7-3)12-8-11-20-15-17(14-19)23-24/h16-17H,5-15H2,1-4H3. The quantitative estimate of drug-likeness (QED) is 0.646. The number of likely N-dealkylation sites (N-methyl/N-ethyl adjacent to an activating group) is 1. The van der Waals surface area contributed by atoms with Gasteiger partial charge in [0.2, 0.25) is 0 Å². The molecule has 142 valence electrons. The van der Waals surface area contributed by atoms with E-state index in [0.717, 1.165) is 58.3 Å². The van der Waals surface area contributed by atoms with Crippen LogP contribution >= 0.6 is 0 Å². The second-order valence-electron chi connectivity index (χ2n) is 6.75. The summed E-state index contributed by atoms with van der Waals surface area (Å²) in [6.07, 6.45) is 1.14. The number of fused-ring (bicyclic) bond motifs is 2. The van der Waals surface area contributed by atoms with E-state index < -0.39 is 8.80 Å². The Morgan fingerprint density at radius 1 is 1.17 bits per heavy atom. The summed E-state index contributed by atoms with van der Waals surface area (Å²) in [6, 6.07) is 0.862. The lowest BCUT2D eigenvalue weighted by Gasteiger charge is -2.42. The highest BCUT2D eigenvalue weighted by Gasteiger charge is 2.46. The van der Waals surface area contributed by atoms with Crippen molar-refractivity contribution in [3.05, 3.63) is 0 Å². The summed E-state index contributed by atoms with van der Waals surface area (Å²) in [4.78, 5) is 4.92. The van der Waals surface area contributed by atoms with E-state index in [9.17, 15) is 0 Å². The molecule has 2 aliphatic rings. The van der Waals surface area contributed by atoms with E-state index in [-0.39, 0.29) is 12.2 Å². The number of rotatable bonds is 7. The molecule has 24 heavy (non-hydrogen) atoms. The van der Waals surface area contributed by atoms with Crippen LogP contribution in [0, 0.1) is 0 Å². The van der Waals surface area contributed by atoms with E-state index in [1.54, 1.807) is 0 Å². The second kappa shape index (κ2) is 10.2. The van der Waals surface area contributed by atoms with Crippen molar-refractivity contribution in [2.45, 2.75) is 52.4 Å². The van der Waals surface area contributed by atoms with Crippen molar-refractivity contribution in [2.24, 2.45) is 0 Å². The zero-order valence-corrected chi connectivity index (χ0v) is 17.0. The predicted octanol–water partition coefficient (Wildman–Crippen LogP) is 1.83. The van der Waals surface area contributed by atoms with Crippen LogP contribution in [0.15, 0.2) is 0 Å². The first-order valence-corrected chi connectivity index (χ1v) is 11.6. The lowest BCUT2D eigenvalue weighted by Crippen LogP contribution is -2.58. The molecular formula is C17H36N2O4Si. The summed E-state index contributed by atoms with van der Waals surface area (Å²) < 4.78 is 24.7. The molecule has 0 amide bonds. The van der Waals surface area contributed by atoms with Gasteiger partial charge in [-0.3, -0.25) is 4.90 Å². The molecule has 7 heteroatoms. The second-order valence-corrected chi connectivity index (χ2v) is 9.38. The summed E-state index contributed by atoms with van der Waals surface area (Å²) in [5.74, 6) is 0. The average Bonchev–Trinajstić information content (AvgIpc) is 2.51. The minimum absolute atomic E-state index is 0.0488. The van der Waals surface area contributed by atoms with Gasteiger partial charge in [-0.05, 0) is 33.4 Å². The van der Waals surface area contributed by atoms with Gasteiger partial charge in [0, 0.05) is 45.4 Å². The maximum Gasteiger partial charge on any atom is 0.501 e. The Morgan fingerprint density at radius 2 is 1.96 bits per heavy atom. The Balaban J connectivity index is 2.02. The maximum absolute atomic E-state index is 6.43. The molecule has 0 aromatic heterocycles. The van der Waals surface area contributed by atoms with E-state index in [2.05, 4.69) is 30.6 Å². The molecule has 3 atom stereocenters. The zero-order valence-electron chi connectivity index (χ0n) is 16.0. The first-order valence-electron chi connectivity index (χ1n) is 9.62. The Bertz CT molecular complexity index is 359. The molecule has 2 saturated heterocycles. The van der Waals surface area contributed by atoms with Crippen LogP contribution in [0.5, 0.6) is 0 Å². The van der Waals surface area contributed by atoms with Gasteiger partial charge in [0.15, 0.2) is 0 Å². The monoisotopic (exact) mass is 360 g/mol. The molecule has 2 fully saturated rings. The summed E-state index contributed by atoms with van der Waals surface area (Å²) in [5.41, 5.74) is 0. The van der Waals surface area contributed by atoms with Crippen molar-refractivity contribution in [3.63, 3.8) is 0 Å². The maximum atomic E-state index is 6.43. The van der Waals surface area contributed by atoms with Gasteiger partial charge in [-0.25, -0.2) is 0 Å². The fourth-order valence-corrected chi connectivity index (χ4v) is 6.49. The van der Waals surface area contributed by atoms with Gasteiger partial charge in [-0.1, -0.05) is 13.8 Å². The smallest absolute Gasteiger partial charge is 0.379 e. The molecule has 2 heterocycles. The van der Waals surface area contributed by atoms with E-state index in [0.29, 0.717) is 13.2 Å². The lowest BCUT2D eigenvalue weighted by atomic mass is 10.3.